The number of nitrogens with one attached hydrogen (secondary N) is 2. The zero-order chi connectivity index (χ0) is 18.0. The number of carbonyl (C=O) groups is 2. The molecule has 2 aromatic rings. The lowest BCUT2D eigenvalue weighted by Gasteiger charge is -2.23. The van der Waals surface area contributed by atoms with Crippen molar-refractivity contribution in [3.05, 3.63) is 47.2 Å². The Hall–Kier alpha value is -2.80. The lowest BCUT2D eigenvalue weighted by Crippen LogP contribution is -2.34. The number of halogens is 2. The van der Waals surface area contributed by atoms with Gasteiger partial charge in [-0.05, 0) is 43.3 Å². The lowest BCUT2D eigenvalue weighted by molar-refractivity contribution is -0.122. The molecule has 130 valence electrons. The molecule has 0 spiro atoms. The first kappa shape index (κ1) is 17.0. The Kier molecular flexibility index (Phi) is 4.76. The van der Waals surface area contributed by atoms with Crippen LogP contribution >= 0.6 is 11.6 Å². The van der Waals surface area contributed by atoms with Crippen LogP contribution in [0.1, 0.15) is 6.92 Å². The van der Waals surface area contributed by atoms with Gasteiger partial charge in [-0.1, -0.05) is 11.6 Å². The second-order valence-electron chi connectivity index (χ2n) is 5.37. The second kappa shape index (κ2) is 6.98. The number of rotatable bonds is 4. The van der Waals surface area contributed by atoms with Gasteiger partial charge in [0.05, 0.1) is 10.7 Å². The molecule has 0 saturated carbocycles. The summed E-state index contributed by atoms with van der Waals surface area (Å²) in [6, 6.07) is 8.51. The van der Waals surface area contributed by atoms with Gasteiger partial charge in [0.25, 0.3) is 11.8 Å². The van der Waals surface area contributed by atoms with Crippen LogP contribution in [0.5, 0.6) is 11.5 Å². The molecule has 0 bridgehead atoms. The molecule has 8 heteroatoms. The van der Waals surface area contributed by atoms with Crippen LogP contribution in [0.4, 0.5) is 15.8 Å². The van der Waals surface area contributed by atoms with E-state index in [9.17, 15) is 14.0 Å². The summed E-state index contributed by atoms with van der Waals surface area (Å²) in [6.45, 7) is 1.34. The van der Waals surface area contributed by atoms with E-state index in [1.165, 1.54) is 12.1 Å². The van der Waals surface area contributed by atoms with Crippen molar-refractivity contribution in [3.8, 4) is 11.5 Å². The molecule has 2 amide bonds. The molecule has 3 rings (SSSR count). The molecule has 6 nitrogen and oxygen atoms in total. The third kappa shape index (κ3) is 4.00. The fourth-order valence-electron chi connectivity index (χ4n) is 2.22. The largest absolute Gasteiger partial charge is 0.482 e. The molecule has 1 heterocycles. The summed E-state index contributed by atoms with van der Waals surface area (Å²) in [4.78, 5) is 23.6. The minimum Gasteiger partial charge on any atom is -0.482 e. The third-order valence-electron chi connectivity index (χ3n) is 3.45. The van der Waals surface area contributed by atoms with Gasteiger partial charge in [0, 0.05) is 5.69 Å². The van der Waals surface area contributed by atoms with E-state index in [0.717, 1.165) is 6.07 Å². The molecular weight excluding hydrogens is 351 g/mol. The first-order valence-electron chi connectivity index (χ1n) is 7.41. The van der Waals surface area contributed by atoms with Gasteiger partial charge < -0.3 is 20.1 Å². The summed E-state index contributed by atoms with van der Waals surface area (Å²) in [7, 11) is 0. The summed E-state index contributed by atoms with van der Waals surface area (Å²) in [5.74, 6) is -0.450. The highest BCUT2D eigenvalue weighted by Crippen LogP contribution is 2.32. The summed E-state index contributed by atoms with van der Waals surface area (Å²) in [6.07, 6.45) is -0.568. The molecule has 0 aromatic heterocycles. The van der Waals surface area contributed by atoms with Crippen LogP contribution in [-0.2, 0) is 9.59 Å². The smallest absolute Gasteiger partial charge is 0.265 e. The highest BCUT2D eigenvalue weighted by atomic mass is 35.5. The predicted molar refractivity (Wildman–Crippen MR) is 90.7 cm³/mol. The molecule has 0 unspecified atom stereocenters. The van der Waals surface area contributed by atoms with Crippen molar-refractivity contribution in [2.75, 3.05) is 17.2 Å². The van der Waals surface area contributed by atoms with Crippen LogP contribution in [0.15, 0.2) is 36.4 Å². The molecule has 0 saturated heterocycles. The SMILES string of the molecule is C[C@@H]1Oc2ccc(NC(=O)COc3ccc(F)cc3Cl)cc2NC1=O. The van der Waals surface area contributed by atoms with E-state index in [2.05, 4.69) is 10.6 Å². The van der Waals surface area contributed by atoms with Crippen molar-refractivity contribution in [2.24, 2.45) is 0 Å². The molecule has 1 aliphatic heterocycles. The number of ether oxygens (including phenoxy) is 2. The molecule has 0 radical (unpaired) electrons. The van der Waals surface area contributed by atoms with Gasteiger partial charge in [-0.25, -0.2) is 4.39 Å². The highest BCUT2D eigenvalue weighted by Gasteiger charge is 2.23. The first-order chi connectivity index (χ1) is 11.9. The number of fused-ring (bicyclic) bond motifs is 1. The van der Waals surface area contributed by atoms with Crippen LogP contribution in [0.3, 0.4) is 0 Å². The number of anilines is 2. The quantitative estimate of drug-likeness (QED) is 0.873. The predicted octanol–water partition coefficient (Wildman–Crippen LogP) is 3.22. The number of carbonyl (C=O) groups excluding carboxylic acids is 2. The molecule has 25 heavy (non-hydrogen) atoms. The van der Waals surface area contributed by atoms with Crippen LogP contribution in [-0.4, -0.2) is 24.5 Å². The second-order valence-corrected chi connectivity index (χ2v) is 5.78. The molecule has 2 N–H and O–H groups in total. The Morgan fingerprint density at radius 3 is 2.92 bits per heavy atom. The molecule has 1 atom stereocenters. The van der Waals surface area contributed by atoms with Crippen molar-refractivity contribution < 1.29 is 23.5 Å². The number of benzene rings is 2. The average Bonchev–Trinajstić information content (AvgIpc) is 2.55. The van der Waals surface area contributed by atoms with E-state index in [-0.39, 0.29) is 23.3 Å². The lowest BCUT2D eigenvalue weighted by atomic mass is 10.2. The third-order valence-corrected chi connectivity index (χ3v) is 3.74. The zero-order valence-electron chi connectivity index (χ0n) is 13.1. The number of hydrogen-bond donors (Lipinski definition) is 2. The molecular formula is C17H14ClFN2O4. The van der Waals surface area contributed by atoms with E-state index in [1.807, 2.05) is 0 Å². The molecule has 2 aromatic carbocycles. The van der Waals surface area contributed by atoms with Crippen molar-refractivity contribution >= 4 is 34.8 Å². The topological polar surface area (TPSA) is 76.7 Å². The van der Waals surface area contributed by atoms with Crippen LogP contribution in [0.25, 0.3) is 0 Å². The maximum Gasteiger partial charge on any atom is 0.265 e. The van der Waals surface area contributed by atoms with Gasteiger partial charge in [0.2, 0.25) is 0 Å². The highest BCUT2D eigenvalue weighted by molar-refractivity contribution is 6.32. The van der Waals surface area contributed by atoms with Gasteiger partial charge in [0.1, 0.15) is 17.3 Å². The summed E-state index contributed by atoms with van der Waals surface area (Å²) in [5.41, 5.74) is 0.944. The van der Waals surface area contributed by atoms with E-state index in [0.29, 0.717) is 17.1 Å². The Bertz CT molecular complexity index is 843. The van der Waals surface area contributed by atoms with E-state index in [1.54, 1.807) is 25.1 Å². The van der Waals surface area contributed by atoms with Crippen molar-refractivity contribution in [3.63, 3.8) is 0 Å². The normalized spacial score (nSPS) is 15.6. The zero-order valence-corrected chi connectivity index (χ0v) is 13.9. The van der Waals surface area contributed by atoms with Crippen LogP contribution in [0.2, 0.25) is 5.02 Å². The fraction of sp³-hybridized carbons (Fsp3) is 0.176. The van der Waals surface area contributed by atoms with Crippen LogP contribution in [0, 0.1) is 5.82 Å². The summed E-state index contributed by atoms with van der Waals surface area (Å²) < 4.78 is 23.7. The standard InChI is InChI=1S/C17H14ClFN2O4/c1-9-17(23)21-13-7-11(3-5-15(13)25-9)20-16(22)8-24-14-4-2-10(19)6-12(14)18/h2-7,9H,8H2,1H3,(H,20,22)(H,21,23)/t9-/m0/s1. The van der Waals surface area contributed by atoms with Gasteiger partial charge in [0.15, 0.2) is 12.7 Å². The minimum absolute atomic E-state index is 0.0792. The van der Waals surface area contributed by atoms with E-state index >= 15 is 0 Å². The maximum absolute atomic E-state index is 13.0. The van der Waals surface area contributed by atoms with Gasteiger partial charge in [-0.15, -0.1) is 0 Å². The molecule has 0 aliphatic carbocycles. The van der Waals surface area contributed by atoms with Crippen LogP contribution < -0.4 is 20.1 Å². The molecule has 1 aliphatic rings. The van der Waals surface area contributed by atoms with E-state index in [4.69, 9.17) is 21.1 Å². The van der Waals surface area contributed by atoms with Crippen molar-refractivity contribution in [2.45, 2.75) is 13.0 Å². The first-order valence-corrected chi connectivity index (χ1v) is 7.79. The Morgan fingerprint density at radius 1 is 1.36 bits per heavy atom. The Morgan fingerprint density at radius 2 is 2.16 bits per heavy atom. The summed E-state index contributed by atoms with van der Waals surface area (Å²) in [5, 5.41) is 5.40. The minimum atomic E-state index is -0.568. The van der Waals surface area contributed by atoms with Crippen molar-refractivity contribution in [1.29, 1.82) is 0 Å². The number of hydrogen-bond acceptors (Lipinski definition) is 4. The summed E-state index contributed by atoms with van der Waals surface area (Å²) >= 11 is 5.83. The van der Waals surface area contributed by atoms with Crippen molar-refractivity contribution in [1.82, 2.24) is 0 Å². The van der Waals surface area contributed by atoms with Gasteiger partial charge in [-0.2, -0.15) is 0 Å². The average molecular weight is 365 g/mol. The Balaban J connectivity index is 1.61. The fourth-order valence-corrected chi connectivity index (χ4v) is 2.44. The van der Waals surface area contributed by atoms with Gasteiger partial charge in [-0.3, -0.25) is 9.59 Å². The number of amides is 2. The van der Waals surface area contributed by atoms with E-state index < -0.39 is 17.8 Å². The maximum atomic E-state index is 13.0. The molecule has 0 fully saturated rings. The Labute approximate surface area is 147 Å². The van der Waals surface area contributed by atoms with Gasteiger partial charge >= 0.3 is 0 Å². The monoisotopic (exact) mass is 364 g/mol.